The van der Waals surface area contributed by atoms with Gasteiger partial charge in [0, 0.05) is 23.5 Å². The molecular formula is C28H29FN2O8. The fourth-order valence-electron chi connectivity index (χ4n) is 6.94. The Hall–Kier alpha value is -3.64. The molecule has 2 aromatic carbocycles. The van der Waals surface area contributed by atoms with E-state index in [0.717, 1.165) is 0 Å². The van der Waals surface area contributed by atoms with Gasteiger partial charge in [0.15, 0.2) is 11.4 Å². The number of carbonyl (C=O) groups excluding carboxylic acids is 3. The Balaban J connectivity index is 1.78. The Morgan fingerprint density at radius 2 is 1.64 bits per heavy atom. The second-order valence-corrected chi connectivity index (χ2v) is 10.8. The highest BCUT2D eigenvalue weighted by atomic mass is 19.1. The van der Waals surface area contributed by atoms with Gasteiger partial charge in [0.1, 0.15) is 23.2 Å². The maximum Gasteiger partial charge on any atom is 0.230 e. The van der Waals surface area contributed by atoms with Crippen molar-refractivity contribution in [2.75, 3.05) is 14.1 Å². The van der Waals surface area contributed by atoms with E-state index in [-0.39, 0.29) is 5.56 Å². The highest BCUT2D eigenvalue weighted by Gasteiger charge is 2.71. The molecule has 0 heterocycles. The molecule has 0 aliphatic heterocycles. The number of Topliss-reactive ketones (excluding diaryl/α,β-unsaturated/α-hetero) is 2. The van der Waals surface area contributed by atoms with Gasteiger partial charge < -0.3 is 36.2 Å². The van der Waals surface area contributed by atoms with Gasteiger partial charge in [-0.2, -0.15) is 0 Å². The van der Waals surface area contributed by atoms with E-state index < -0.39 is 87.9 Å². The second kappa shape index (κ2) is 8.95. The lowest BCUT2D eigenvalue weighted by atomic mass is 9.51. The van der Waals surface area contributed by atoms with Crippen molar-refractivity contribution in [2.45, 2.75) is 36.7 Å². The SMILES string of the molecule is C[C@H]1c2c(-c3ccc(F)cc3)ccc(O)c2C(O)=C2C(=O)[C@]3(O)C(=O)C(C(N)=O)C(O)[C@@H](N(C)C)[C@@H]3[C@@H](O)[C@@H]21. The molecule has 10 nitrogen and oxygen atoms in total. The molecule has 2 saturated carbocycles. The summed E-state index contributed by atoms with van der Waals surface area (Å²) in [5, 5.41) is 56.7. The molecule has 8 atom stereocenters. The van der Waals surface area contributed by atoms with E-state index in [1.165, 1.54) is 49.3 Å². The van der Waals surface area contributed by atoms with Crippen LogP contribution in [0.4, 0.5) is 4.39 Å². The van der Waals surface area contributed by atoms with Crippen LogP contribution in [-0.4, -0.2) is 85.9 Å². The standard InChI is InChI=1S/C28H29FN2O8/c1-10-15-13(11-4-6-12(29)7-5-11)8-9-14(32)17(15)22(33)18-16(10)23(34)20-21(31(2)3)24(35)19(27(30)38)26(37)28(20,39)25(18)36/h4-10,16,19-21,23-24,32-35,39H,1-3H3,(H2,30,38)/t10-,16+,19?,20+,21-,23-,24?,28-/m0/s1. The van der Waals surface area contributed by atoms with Crippen LogP contribution in [0.25, 0.3) is 16.9 Å². The number of carbonyl (C=O) groups is 3. The minimum absolute atomic E-state index is 0.128. The molecule has 0 saturated heterocycles. The maximum absolute atomic E-state index is 14.0. The Morgan fingerprint density at radius 3 is 2.21 bits per heavy atom. The minimum Gasteiger partial charge on any atom is -0.507 e. The van der Waals surface area contributed by atoms with Crippen LogP contribution in [0.15, 0.2) is 42.0 Å². The summed E-state index contributed by atoms with van der Waals surface area (Å²) in [4.78, 5) is 41.0. The van der Waals surface area contributed by atoms with Crippen LogP contribution in [0.3, 0.4) is 0 Å². The quantitative estimate of drug-likeness (QED) is 0.302. The molecule has 1 amide bonds. The number of hydrogen-bond acceptors (Lipinski definition) is 9. The first-order valence-electron chi connectivity index (χ1n) is 12.4. The van der Waals surface area contributed by atoms with E-state index >= 15 is 0 Å². The molecule has 2 unspecified atom stereocenters. The average molecular weight is 541 g/mol. The lowest BCUT2D eigenvalue weighted by Gasteiger charge is -2.56. The van der Waals surface area contributed by atoms with Crippen molar-refractivity contribution in [3.63, 3.8) is 0 Å². The number of benzene rings is 2. The predicted molar refractivity (Wildman–Crippen MR) is 136 cm³/mol. The molecule has 11 heteroatoms. The third-order valence-electron chi connectivity index (χ3n) is 8.63. The number of aromatic hydroxyl groups is 1. The number of ketones is 2. The minimum atomic E-state index is -2.99. The van der Waals surface area contributed by atoms with Gasteiger partial charge >= 0.3 is 0 Å². The van der Waals surface area contributed by atoms with Crippen molar-refractivity contribution in [2.24, 2.45) is 23.5 Å². The average Bonchev–Trinajstić information content (AvgIpc) is 2.86. The topological polar surface area (TPSA) is 182 Å². The summed E-state index contributed by atoms with van der Waals surface area (Å²) in [7, 11) is 2.99. The molecular weight excluding hydrogens is 511 g/mol. The number of primary amides is 1. The summed E-state index contributed by atoms with van der Waals surface area (Å²) in [5.74, 6) is -10.9. The smallest absolute Gasteiger partial charge is 0.230 e. The first-order chi connectivity index (χ1) is 18.2. The first kappa shape index (κ1) is 26.9. The lowest BCUT2D eigenvalue weighted by molar-refractivity contribution is -0.199. The molecule has 7 N–H and O–H groups in total. The first-order valence-corrected chi connectivity index (χ1v) is 12.4. The molecule has 206 valence electrons. The highest BCUT2D eigenvalue weighted by molar-refractivity contribution is 6.25. The van der Waals surface area contributed by atoms with Crippen molar-refractivity contribution < 1.29 is 44.3 Å². The van der Waals surface area contributed by atoms with Gasteiger partial charge in [0.2, 0.25) is 11.7 Å². The third-order valence-corrected chi connectivity index (χ3v) is 8.63. The number of aliphatic hydroxyl groups excluding tert-OH is 3. The van der Waals surface area contributed by atoms with Gasteiger partial charge in [0.25, 0.3) is 0 Å². The molecule has 3 aliphatic rings. The van der Waals surface area contributed by atoms with Crippen molar-refractivity contribution in [1.82, 2.24) is 4.90 Å². The zero-order valence-corrected chi connectivity index (χ0v) is 21.4. The molecule has 0 spiro atoms. The number of nitrogens with two attached hydrogens (primary N) is 1. The second-order valence-electron chi connectivity index (χ2n) is 10.8. The largest absolute Gasteiger partial charge is 0.507 e. The molecule has 3 aliphatic carbocycles. The monoisotopic (exact) mass is 540 g/mol. The molecule has 0 aromatic heterocycles. The van der Waals surface area contributed by atoms with Gasteiger partial charge in [-0.3, -0.25) is 14.4 Å². The van der Waals surface area contributed by atoms with Crippen LogP contribution in [-0.2, 0) is 14.4 Å². The normalized spacial score (nSPS) is 34.0. The Morgan fingerprint density at radius 1 is 1.03 bits per heavy atom. The molecule has 2 fully saturated rings. The number of nitrogens with zero attached hydrogens (tertiary/aromatic N) is 1. The zero-order valence-electron chi connectivity index (χ0n) is 21.4. The number of phenolic OH excluding ortho intramolecular Hbond substituents is 1. The number of amides is 1. The molecule has 39 heavy (non-hydrogen) atoms. The van der Waals surface area contributed by atoms with Crippen LogP contribution in [0.2, 0.25) is 0 Å². The molecule has 0 bridgehead atoms. The third kappa shape index (κ3) is 3.50. The summed E-state index contributed by atoms with van der Waals surface area (Å²) in [5.41, 5.74) is 3.19. The summed E-state index contributed by atoms with van der Waals surface area (Å²) < 4.78 is 13.6. The van der Waals surface area contributed by atoms with Gasteiger partial charge in [0.05, 0.1) is 17.8 Å². The summed E-state index contributed by atoms with van der Waals surface area (Å²) in [6.07, 6.45) is -3.40. The van der Waals surface area contributed by atoms with Crippen molar-refractivity contribution in [1.29, 1.82) is 0 Å². The molecule has 2 aromatic rings. The Kier molecular flexibility index (Phi) is 6.18. The van der Waals surface area contributed by atoms with Crippen LogP contribution >= 0.6 is 0 Å². The lowest BCUT2D eigenvalue weighted by Crippen LogP contribution is -2.76. The number of likely N-dealkylation sites (N-methyl/N-ethyl adjacent to an activating group) is 1. The van der Waals surface area contributed by atoms with Crippen LogP contribution in [0.1, 0.15) is 24.0 Å². The Bertz CT molecular complexity index is 1440. The van der Waals surface area contributed by atoms with Crippen LogP contribution in [0, 0.1) is 23.6 Å². The highest BCUT2D eigenvalue weighted by Crippen LogP contribution is 2.57. The van der Waals surface area contributed by atoms with E-state index in [0.29, 0.717) is 16.7 Å². The van der Waals surface area contributed by atoms with Crippen molar-refractivity contribution in [3.8, 4) is 16.9 Å². The van der Waals surface area contributed by atoms with Gasteiger partial charge in [-0.25, -0.2) is 4.39 Å². The van der Waals surface area contributed by atoms with Crippen LogP contribution in [0.5, 0.6) is 5.75 Å². The van der Waals surface area contributed by atoms with E-state index in [1.54, 1.807) is 13.0 Å². The zero-order chi connectivity index (χ0) is 28.7. The van der Waals surface area contributed by atoms with Gasteiger partial charge in [-0.1, -0.05) is 25.1 Å². The van der Waals surface area contributed by atoms with E-state index in [4.69, 9.17) is 5.73 Å². The van der Waals surface area contributed by atoms with Crippen LogP contribution < -0.4 is 5.73 Å². The number of fused-ring (bicyclic) bond motifs is 3. The van der Waals surface area contributed by atoms with E-state index in [2.05, 4.69) is 0 Å². The number of hydrogen-bond donors (Lipinski definition) is 6. The summed E-state index contributed by atoms with van der Waals surface area (Å²) >= 11 is 0. The fraction of sp³-hybridized carbons (Fsp3) is 0.393. The number of halogens is 1. The Labute approximate surface area is 222 Å². The van der Waals surface area contributed by atoms with E-state index in [1.807, 2.05) is 0 Å². The molecule has 5 rings (SSSR count). The fourth-order valence-corrected chi connectivity index (χ4v) is 6.94. The number of rotatable bonds is 3. The number of aliphatic hydroxyl groups is 4. The number of phenols is 1. The van der Waals surface area contributed by atoms with E-state index in [9.17, 15) is 44.3 Å². The van der Waals surface area contributed by atoms with Crippen molar-refractivity contribution >= 4 is 23.2 Å². The van der Waals surface area contributed by atoms with Crippen molar-refractivity contribution in [3.05, 3.63) is 58.9 Å². The predicted octanol–water partition coefficient (Wildman–Crippen LogP) is 0.467. The van der Waals surface area contributed by atoms with Gasteiger partial charge in [-0.15, -0.1) is 0 Å². The van der Waals surface area contributed by atoms with Gasteiger partial charge in [-0.05, 0) is 54.9 Å². The summed E-state index contributed by atoms with van der Waals surface area (Å²) in [6, 6.07) is 7.11. The maximum atomic E-state index is 14.0. The molecule has 0 radical (unpaired) electrons. The summed E-state index contributed by atoms with van der Waals surface area (Å²) in [6.45, 7) is 1.65.